The van der Waals surface area contributed by atoms with Gasteiger partial charge in [-0.25, -0.2) is 8.78 Å². The van der Waals surface area contributed by atoms with Crippen molar-refractivity contribution in [1.82, 2.24) is 4.90 Å². The third-order valence-electron chi connectivity index (χ3n) is 3.79. The van der Waals surface area contributed by atoms with E-state index in [1.807, 2.05) is 0 Å². The molecule has 0 saturated carbocycles. The predicted molar refractivity (Wildman–Crippen MR) is 70.1 cm³/mol. The molecule has 0 spiro atoms. The number of hydrogen-bond donors (Lipinski definition) is 0. The molecule has 1 fully saturated rings. The highest BCUT2D eigenvalue weighted by atomic mass is 19.2. The molecule has 0 N–H and O–H groups in total. The second-order valence-corrected chi connectivity index (χ2v) is 5.46. The van der Waals surface area contributed by atoms with E-state index in [-0.39, 0.29) is 17.8 Å². The SMILES string of the molecule is CC1CC(C)N(CCC(=O)c2cccc(F)c2F)C1. The van der Waals surface area contributed by atoms with Crippen molar-refractivity contribution in [3.8, 4) is 0 Å². The highest BCUT2D eigenvalue weighted by Crippen LogP contribution is 2.22. The maximum Gasteiger partial charge on any atom is 0.169 e. The summed E-state index contributed by atoms with van der Waals surface area (Å²) in [6.07, 6.45) is 1.36. The van der Waals surface area contributed by atoms with Crippen molar-refractivity contribution in [2.24, 2.45) is 5.92 Å². The third-order valence-corrected chi connectivity index (χ3v) is 3.79. The zero-order valence-electron chi connectivity index (χ0n) is 11.3. The first-order valence-corrected chi connectivity index (χ1v) is 6.70. The van der Waals surface area contributed by atoms with Gasteiger partial charge in [0.2, 0.25) is 0 Å². The number of carbonyl (C=O) groups excluding carboxylic acids is 1. The number of rotatable bonds is 4. The molecular weight excluding hydrogens is 248 g/mol. The van der Waals surface area contributed by atoms with Crippen molar-refractivity contribution >= 4 is 5.78 Å². The highest BCUT2D eigenvalue weighted by Gasteiger charge is 2.26. The van der Waals surface area contributed by atoms with Gasteiger partial charge in [0.1, 0.15) is 0 Å². The first-order valence-electron chi connectivity index (χ1n) is 6.70. The molecule has 104 valence electrons. The van der Waals surface area contributed by atoms with Gasteiger partial charge in [0.05, 0.1) is 5.56 Å². The summed E-state index contributed by atoms with van der Waals surface area (Å²) in [5.74, 6) is -1.69. The van der Waals surface area contributed by atoms with Gasteiger partial charge in [0.15, 0.2) is 17.4 Å². The molecule has 1 aliphatic rings. The number of halogens is 2. The van der Waals surface area contributed by atoms with Gasteiger partial charge >= 0.3 is 0 Å². The quantitative estimate of drug-likeness (QED) is 0.780. The standard InChI is InChI=1S/C15H19F2NO/c1-10-8-11(2)18(9-10)7-6-14(19)12-4-3-5-13(16)15(12)17/h3-5,10-11H,6-9H2,1-2H3. The van der Waals surface area contributed by atoms with E-state index in [0.29, 0.717) is 18.5 Å². The zero-order chi connectivity index (χ0) is 14.0. The molecule has 19 heavy (non-hydrogen) atoms. The second-order valence-electron chi connectivity index (χ2n) is 5.46. The van der Waals surface area contributed by atoms with Crippen LogP contribution in [0.4, 0.5) is 8.78 Å². The maximum absolute atomic E-state index is 13.5. The van der Waals surface area contributed by atoms with Crippen molar-refractivity contribution in [2.45, 2.75) is 32.7 Å². The minimum Gasteiger partial charge on any atom is -0.300 e. The van der Waals surface area contributed by atoms with Crippen molar-refractivity contribution in [1.29, 1.82) is 0 Å². The van der Waals surface area contributed by atoms with Crippen molar-refractivity contribution in [2.75, 3.05) is 13.1 Å². The molecule has 1 saturated heterocycles. The van der Waals surface area contributed by atoms with E-state index >= 15 is 0 Å². The number of hydrogen-bond acceptors (Lipinski definition) is 2. The molecule has 0 aromatic heterocycles. The molecule has 4 heteroatoms. The average Bonchev–Trinajstić information content (AvgIpc) is 2.68. The lowest BCUT2D eigenvalue weighted by atomic mass is 10.1. The van der Waals surface area contributed by atoms with Crippen LogP contribution in [-0.2, 0) is 0 Å². The molecule has 2 atom stereocenters. The van der Waals surface area contributed by atoms with Crippen LogP contribution in [0.2, 0.25) is 0 Å². The van der Waals surface area contributed by atoms with Crippen LogP contribution in [0.15, 0.2) is 18.2 Å². The van der Waals surface area contributed by atoms with Crippen LogP contribution in [0.1, 0.15) is 37.0 Å². The molecule has 0 aliphatic carbocycles. The summed E-state index contributed by atoms with van der Waals surface area (Å²) in [5, 5.41) is 0. The van der Waals surface area contributed by atoms with E-state index in [9.17, 15) is 13.6 Å². The Morgan fingerprint density at radius 2 is 2.11 bits per heavy atom. The van der Waals surface area contributed by atoms with Gasteiger partial charge in [-0.1, -0.05) is 13.0 Å². The molecule has 2 unspecified atom stereocenters. The summed E-state index contributed by atoms with van der Waals surface area (Å²) >= 11 is 0. The van der Waals surface area contributed by atoms with E-state index in [0.717, 1.165) is 19.0 Å². The lowest BCUT2D eigenvalue weighted by Gasteiger charge is -2.20. The smallest absolute Gasteiger partial charge is 0.169 e. The van der Waals surface area contributed by atoms with Gasteiger partial charge in [-0.3, -0.25) is 9.69 Å². The molecule has 1 heterocycles. The predicted octanol–water partition coefficient (Wildman–Crippen LogP) is 3.27. The number of benzene rings is 1. The summed E-state index contributed by atoms with van der Waals surface area (Å²) < 4.78 is 26.5. The van der Waals surface area contributed by atoms with Gasteiger partial charge in [0.25, 0.3) is 0 Å². The van der Waals surface area contributed by atoms with Crippen LogP contribution >= 0.6 is 0 Å². The van der Waals surface area contributed by atoms with Crippen LogP contribution in [0, 0.1) is 17.6 Å². The Hall–Kier alpha value is -1.29. The Morgan fingerprint density at radius 3 is 2.74 bits per heavy atom. The minimum absolute atomic E-state index is 0.139. The number of nitrogens with zero attached hydrogens (tertiary/aromatic N) is 1. The summed E-state index contributed by atoms with van der Waals surface area (Å²) in [6.45, 7) is 5.90. The normalized spacial score (nSPS) is 23.8. The summed E-state index contributed by atoms with van der Waals surface area (Å²) in [4.78, 5) is 14.2. The molecular formula is C15H19F2NO. The zero-order valence-corrected chi connectivity index (χ0v) is 11.3. The first kappa shape index (κ1) is 14.1. The molecule has 0 radical (unpaired) electrons. The van der Waals surface area contributed by atoms with E-state index in [1.165, 1.54) is 12.1 Å². The number of ketones is 1. The topological polar surface area (TPSA) is 20.3 Å². The molecule has 2 rings (SSSR count). The summed E-state index contributed by atoms with van der Waals surface area (Å²) in [6, 6.07) is 4.19. The monoisotopic (exact) mass is 267 g/mol. The number of carbonyl (C=O) groups is 1. The first-order chi connectivity index (χ1) is 8.99. The van der Waals surface area contributed by atoms with Crippen LogP contribution in [0.25, 0.3) is 0 Å². The average molecular weight is 267 g/mol. The van der Waals surface area contributed by atoms with Gasteiger partial charge in [0, 0.05) is 25.6 Å². The highest BCUT2D eigenvalue weighted by molar-refractivity contribution is 5.96. The van der Waals surface area contributed by atoms with Gasteiger partial charge < -0.3 is 0 Å². The Kier molecular flexibility index (Phi) is 4.30. The van der Waals surface area contributed by atoms with Crippen LogP contribution in [-0.4, -0.2) is 29.8 Å². The number of Topliss-reactive ketones (excluding diaryl/α,β-unsaturated/α-hetero) is 1. The fraction of sp³-hybridized carbons (Fsp3) is 0.533. The molecule has 2 nitrogen and oxygen atoms in total. The van der Waals surface area contributed by atoms with Gasteiger partial charge in [-0.2, -0.15) is 0 Å². The Labute approximate surface area is 112 Å². The van der Waals surface area contributed by atoms with Crippen LogP contribution in [0.3, 0.4) is 0 Å². The Morgan fingerprint density at radius 1 is 1.37 bits per heavy atom. The van der Waals surface area contributed by atoms with E-state index in [4.69, 9.17) is 0 Å². The van der Waals surface area contributed by atoms with Crippen molar-refractivity contribution in [3.05, 3.63) is 35.4 Å². The van der Waals surface area contributed by atoms with Crippen LogP contribution in [0.5, 0.6) is 0 Å². The van der Waals surface area contributed by atoms with E-state index in [1.54, 1.807) is 0 Å². The summed E-state index contributed by atoms with van der Waals surface area (Å²) in [7, 11) is 0. The molecule has 1 aliphatic heterocycles. The Bertz CT molecular complexity index is 475. The van der Waals surface area contributed by atoms with Crippen LogP contribution < -0.4 is 0 Å². The molecule has 1 aromatic rings. The molecule has 0 amide bonds. The fourth-order valence-electron chi connectivity index (χ4n) is 2.80. The minimum atomic E-state index is -1.03. The lowest BCUT2D eigenvalue weighted by Crippen LogP contribution is -2.29. The Balaban J connectivity index is 1.96. The van der Waals surface area contributed by atoms with Crippen molar-refractivity contribution in [3.63, 3.8) is 0 Å². The van der Waals surface area contributed by atoms with Crippen molar-refractivity contribution < 1.29 is 13.6 Å². The molecule has 1 aromatic carbocycles. The molecule has 0 bridgehead atoms. The van der Waals surface area contributed by atoms with E-state index < -0.39 is 11.6 Å². The summed E-state index contributed by atoms with van der Waals surface area (Å²) in [5.41, 5.74) is -0.139. The number of likely N-dealkylation sites (tertiary alicyclic amines) is 1. The fourth-order valence-corrected chi connectivity index (χ4v) is 2.80. The van der Waals surface area contributed by atoms with Gasteiger partial charge in [-0.05, 0) is 31.4 Å². The van der Waals surface area contributed by atoms with E-state index in [2.05, 4.69) is 18.7 Å². The lowest BCUT2D eigenvalue weighted by molar-refractivity contribution is 0.0957. The van der Waals surface area contributed by atoms with Gasteiger partial charge in [-0.15, -0.1) is 0 Å². The third kappa shape index (κ3) is 3.18. The largest absolute Gasteiger partial charge is 0.300 e. The maximum atomic E-state index is 13.5. The second kappa shape index (κ2) is 5.78.